The van der Waals surface area contributed by atoms with E-state index in [1.807, 2.05) is 35.1 Å². The Bertz CT molecular complexity index is 848. The van der Waals surface area contributed by atoms with Gasteiger partial charge in [-0.05, 0) is 43.1 Å². The highest BCUT2D eigenvalue weighted by Gasteiger charge is 2.15. The van der Waals surface area contributed by atoms with Gasteiger partial charge in [-0.15, -0.1) is 0 Å². The standard InChI is InChI=1S/C19H20N4O2/c24-19(15-4-1-3-14(9-15)16-6-8-25-13-16)22-18-10-21-23(12-18)11-17-5-2-7-20-17/h1,3-4,6,8-10,12-13,17,20H,2,5,7,11H2,(H,22,24). The maximum absolute atomic E-state index is 12.5. The molecule has 0 bridgehead atoms. The van der Waals surface area contributed by atoms with Crippen LogP contribution >= 0.6 is 0 Å². The molecule has 6 heteroatoms. The van der Waals surface area contributed by atoms with E-state index >= 15 is 0 Å². The van der Waals surface area contributed by atoms with Gasteiger partial charge in [-0.3, -0.25) is 9.48 Å². The first kappa shape index (κ1) is 15.7. The molecule has 4 rings (SSSR count). The molecule has 2 N–H and O–H groups in total. The molecule has 0 radical (unpaired) electrons. The molecule has 1 aliphatic heterocycles. The molecule has 1 saturated heterocycles. The summed E-state index contributed by atoms with van der Waals surface area (Å²) in [6.45, 7) is 1.90. The first-order valence-electron chi connectivity index (χ1n) is 8.48. The molecular weight excluding hydrogens is 316 g/mol. The van der Waals surface area contributed by atoms with Gasteiger partial charge in [-0.1, -0.05) is 12.1 Å². The van der Waals surface area contributed by atoms with Gasteiger partial charge in [0.2, 0.25) is 0 Å². The summed E-state index contributed by atoms with van der Waals surface area (Å²) in [7, 11) is 0. The molecule has 3 aromatic rings. The smallest absolute Gasteiger partial charge is 0.255 e. The molecular formula is C19H20N4O2. The number of aromatic nitrogens is 2. The number of carbonyl (C=O) groups is 1. The second-order valence-electron chi connectivity index (χ2n) is 6.29. The number of anilines is 1. The molecule has 1 unspecified atom stereocenters. The van der Waals surface area contributed by atoms with Crippen LogP contribution in [0.25, 0.3) is 11.1 Å². The van der Waals surface area contributed by atoms with Crippen LogP contribution in [0.3, 0.4) is 0 Å². The summed E-state index contributed by atoms with van der Waals surface area (Å²) in [6, 6.07) is 9.81. The number of benzene rings is 1. The second-order valence-corrected chi connectivity index (χ2v) is 6.29. The van der Waals surface area contributed by atoms with Gasteiger partial charge in [0.15, 0.2) is 0 Å². The average molecular weight is 336 g/mol. The molecule has 25 heavy (non-hydrogen) atoms. The summed E-state index contributed by atoms with van der Waals surface area (Å²) in [5.74, 6) is -0.149. The number of rotatable bonds is 5. The lowest BCUT2D eigenvalue weighted by Gasteiger charge is -2.09. The van der Waals surface area contributed by atoms with Crippen molar-refractivity contribution >= 4 is 11.6 Å². The summed E-state index contributed by atoms with van der Waals surface area (Å²) in [6.07, 6.45) is 9.23. The van der Waals surface area contributed by atoms with E-state index in [0.29, 0.717) is 17.3 Å². The lowest BCUT2D eigenvalue weighted by Crippen LogP contribution is -2.26. The Morgan fingerprint density at radius 1 is 1.36 bits per heavy atom. The number of amides is 1. The van der Waals surface area contributed by atoms with Crippen LogP contribution in [-0.4, -0.2) is 28.3 Å². The van der Waals surface area contributed by atoms with Gasteiger partial charge in [-0.2, -0.15) is 5.10 Å². The average Bonchev–Trinajstić information content (AvgIpc) is 3.38. The second kappa shape index (κ2) is 6.94. The number of hydrogen-bond acceptors (Lipinski definition) is 4. The van der Waals surface area contributed by atoms with Gasteiger partial charge in [0.25, 0.3) is 5.91 Å². The van der Waals surface area contributed by atoms with Crippen molar-refractivity contribution < 1.29 is 9.21 Å². The molecule has 2 aromatic heterocycles. The third-order valence-corrected chi connectivity index (χ3v) is 4.44. The van der Waals surface area contributed by atoms with Crippen molar-refractivity contribution in [3.63, 3.8) is 0 Å². The Balaban J connectivity index is 1.43. The highest BCUT2D eigenvalue weighted by Crippen LogP contribution is 2.21. The molecule has 0 saturated carbocycles. The molecule has 1 aromatic carbocycles. The van der Waals surface area contributed by atoms with Gasteiger partial charge < -0.3 is 15.1 Å². The predicted molar refractivity (Wildman–Crippen MR) is 95.3 cm³/mol. The van der Waals surface area contributed by atoms with Gasteiger partial charge in [0, 0.05) is 23.4 Å². The molecule has 6 nitrogen and oxygen atoms in total. The van der Waals surface area contributed by atoms with Crippen molar-refractivity contribution in [1.29, 1.82) is 0 Å². The maximum atomic E-state index is 12.5. The Morgan fingerprint density at radius 2 is 2.32 bits per heavy atom. The molecule has 128 valence electrons. The quantitative estimate of drug-likeness (QED) is 0.751. The van der Waals surface area contributed by atoms with Gasteiger partial charge in [0.05, 0.1) is 31.0 Å². The summed E-state index contributed by atoms with van der Waals surface area (Å²) in [5.41, 5.74) is 3.21. The SMILES string of the molecule is O=C(Nc1cnn(CC2CCCN2)c1)c1cccc(-c2ccoc2)c1. The third-order valence-electron chi connectivity index (χ3n) is 4.44. The van der Waals surface area contributed by atoms with Crippen molar-refractivity contribution in [2.75, 3.05) is 11.9 Å². The summed E-state index contributed by atoms with van der Waals surface area (Å²) in [5, 5.41) is 10.7. The zero-order valence-electron chi connectivity index (χ0n) is 13.8. The van der Waals surface area contributed by atoms with Crippen LogP contribution in [0.4, 0.5) is 5.69 Å². The van der Waals surface area contributed by atoms with Gasteiger partial charge in [0.1, 0.15) is 0 Å². The molecule has 1 amide bonds. The Labute approximate surface area is 145 Å². The minimum Gasteiger partial charge on any atom is -0.472 e. The molecule has 1 aliphatic rings. The largest absolute Gasteiger partial charge is 0.472 e. The fourth-order valence-electron chi connectivity index (χ4n) is 3.14. The third kappa shape index (κ3) is 3.64. The van der Waals surface area contributed by atoms with E-state index in [1.54, 1.807) is 24.8 Å². The van der Waals surface area contributed by atoms with Crippen LogP contribution in [0.2, 0.25) is 0 Å². The van der Waals surface area contributed by atoms with Crippen LogP contribution in [0.15, 0.2) is 59.7 Å². The summed E-state index contributed by atoms with van der Waals surface area (Å²) in [4.78, 5) is 12.5. The normalized spacial score (nSPS) is 16.9. The molecule has 3 heterocycles. The Hall–Kier alpha value is -2.86. The monoisotopic (exact) mass is 336 g/mol. The van der Waals surface area contributed by atoms with Crippen LogP contribution in [0, 0.1) is 0 Å². The topological polar surface area (TPSA) is 72.1 Å². The summed E-state index contributed by atoms with van der Waals surface area (Å²) < 4.78 is 6.98. The number of nitrogens with zero attached hydrogens (tertiary/aromatic N) is 2. The van der Waals surface area contributed by atoms with Crippen LogP contribution in [0.1, 0.15) is 23.2 Å². The fourth-order valence-corrected chi connectivity index (χ4v) is 3.14. The molecule has 0 spiro atoms. The van der Waals surface area contributed by atoms with Crippen molar-refractivity contribution in [2.45, 2.75) is 25.4 Å². The van der Waals surface area contributed by atoms with Crippen molar-refractivity contribution in [2.24, 2.45) is 0 Å². The number of hydrogen-bond donors (Lipinski definition) is 2. The maximum Gasteiger partial charge on any atom is 0.255 e. The van der Waals surface area contributed by atoms with E-state index in [-0.39, 0.29) is 5.91 Å². The number of furan rings is 1. The van der Waals surface area contributed by atoms with Crippen LogP contribution in [-0.2, 0) is 6.54 Å². The lowest BCUT2D eigenvalue weighted by atomic mass is 10.1. The van der Waals surface area contributed by atoms with Crippen molar-refractivity contribution in [3.05, 3.63) is 60.8 Å². The first-order chi connectivity index (χ1) is 12.3. The van der Waals surface area contributed by atoms with E-state index in [1.165, 1.54) is 12.8 Å². The minimum atomic E-state index is -0.149. The fraction of sp³-hybridized carbons (Fsp3) is 0.263. The molecule has 1 atom stereocenters. The Kier molecular flexibility index (Phi) is 4.35. The zero-order chi connectivity index (χ0) is 17.1. The van der Waals surface area contributed by atoms with Crippen molar-refractivity contribution in [3.8, 4) is 11.1 Å². The van der Waals surface area contributed by atoms with Gasteiger partial charge >= 0.3 is 0 Å². The van der Waals surface area contributed by atoms with E-state index in [2.05, 4.69) is 15.7 Å². The zero-order valence-corrected chi connectivity index (χ0v) is 13.8. The highest BCUT2D eigenvalue weighted by atomic mass is 16.3. The summed E-state index contributed by atoms with van der Waals surface area (Å²) >= 11 is 0. The minimum absolute atomic E-state index is 0.149. The first-order valence-corrected chi connectivity index (χ1v) is 8.48. The molecule has 1 fully saturated rings. The highest BCUT2D eigenvalue weighted by molar-refractivity contribution is 6.04. The Morgan fingerprint density at radius 3 is 3.12 bits per heavy atom. The number of nitrogens with one attached hydrogen (secondary N) is 2. The van der Waals surface area contributed by atoms with E-state index < -0.39 is 0 Å². The van der Waals surface area contributed by atoms with Crippen LogP contribution in [0.5, 0.6) is 0 Å². The molecule has 0 aliphatic carbocycles. The predicted octanol–water partition coefficient (Wildman–Crippen LogP) is 3.15. The van der Waals surface area contributed by atoms with Crippen LogP contribution < -0.4 is 10.6 Å². The van der Waals surface area contributed by atoms with Crippen molar-refractivity contribution in [1.82, 2.24) is 15.1 Å². The lowest BCUT2D eigenvalue weighted by molar-refractivity contribution is 0.102. The van der Waals surface area contributed by atoms with E-state index in [9.17, 15) is 4.79 Å². The number of carbonyl (C=O) groups excluding carboxylic acids is 1. The van der Waals surface area contributed by atoms with Gasteiger partial charge in [-0.25, -0.2) is 0 Å². The van der Waals surface area contributed by atoms with E-state index in [0.717, 1.165) is 24.2 Å². The van der Waals surface area contributed by atoms with E-state index in [4.69, 9.17) is 4.42 Å².